The summed E-state index contributed by atoms with van der Waals surface area (Å²) in [6.07, 6.45) is -0.242. The van der Waals surface area contributed by atoms with Crippen LogP contribution < -0.4 is 10.6 Å². The van der Waals surface area contributed by atoms with Crippen LogP contribution in [0, 0.1) is 0 Å². The fourth-order valence-corrected chi connectivity index (χ4v) is 1.50. The zero-order chi connectivity index (χ0) is 11.5. The van der Waals surface area contributed by atoms with E-state index in [9.17, 15) is 9.90 Å². The molecule has 1 rings (SSSR count). The normalized spacial score (nSPS) is 27.2. The maximum atomic E-state index is 11.4. The molecular formula is C10H20N2O3. The third-order valence-corrected chi connectivity index (χ3v) is 2.05. The molecule has 0 unspecified atom stereocenters. The van der Waals surface area contributed by atoms with Crippen molar-refractivity contribution < 1.29 is 14.6 Å². The molecule has 0 aromatic heterocycles. The number of carbonyl (C=O) groups excluding carboxylic acids is 1. The van der Waals surface area contributed by atoms with Crippen LogP contribution in [0.1, 0.15) is 27.2 Å². The van der Waals surface area contributed by atoms with Gasteiger partial charge in [0.05, 0.1) is 6.10 Å². The Labute approximate surface area is 90.2 Å². The summed E-state index contributed by atoms with van der Waals surface area (Å²) in [5.41, 5.74) is -0.481. The average Bonchev–Trinajstić information content (AvgIpc) is 1.99. The van der Waals surface area contributed by atoms with Crippen LogP contribution in [0.25, 0.3) is 0 Å². The maximum Gasteiger partial charge on any atom is 0.407 e. The number of alkyl carbamates (subject to hydrolysis) is 1. The molecule has 5 heteroatoms. The molecule has 5 nitrogen and oxygen atoms in total. The summed E-state index contributed by atoms with van der Waals surface area (Å²) in [5.74, 6) is 0. The van der Waals surface area contributed by atoms with Gasteiger partial charge in [0.25, 0.3) is 0 Å². The molecule has 15 heavy (non-hydrogen) atoms. The van der Waals surface area contributed by atoms with Crippen molar-refractivity contribution in [3.63, 3.8) is 0 Å². The quantitative estimate of drug-likeness (QED) is 0.587. The number of ether oxygens (including phenoxy) is 1. The van der Waals surface area contributed by atoms with E-state index in [-0.39, 0.29) is 6.04 Å². The third kappa shape index (κ3) is 4.99. The minimum atomic E-state index is -0.481. The lowest BCUT2D eigenvalue weighted by atomic mass is 10.1. The zero-order valence-electron chi connectivity index (χ0n) is 9.54. The predicted molar refractivity (Wildman–Crippen MR) is 56.7 cm³/mol. The van der Waals surface area contributed by atoms with Gasteiger partial charge in [0.2, 0.25) is 0 Å². The van der Waals surface area contributed by atoms with Gasteiger partial charge in [0.1, 0.15) is 5.60 Å². The van der Waals surface area contributed by atoms with Gasteiger partial charge in [-0.1, -0.05) is 0 Å². The Kier molecular flexibility index (Phi) is 3.93. The summed E-state index contributed by atoms with van der Waals surface area (Å²) in [7, 11) is 0. The van der Waals surface area contributed by atoms with Crippen LogP contribution in [-0.4, -0.2) is 42.0 Å². The molecule has 1 saturated heterocycles. The van der Waals surface area contributed by atoms with Crippen LogP contribution in [0.2, 0.25) is 0 Å². The molecule has 88 valence electrons. The van der Waals surface area contributed by atoms with Crippen molar-refractivity contribution in [3.05, 3.63) is 0 Å². The van der Waals surface area contributed by atoms with Crippen molar-refractivity contribution in [1.29, 1.82) is 0 Å². The van der Waals surface area contributed by atoms with Crippen LogP contribution in [-0.2, 0) is 4.74 Å². The van der Waals surface area contributed by atoms with Gasteiger partial charge in [-0.15, -0.1) is 0 Å². The van der Waals surface area contributed by atoms with Gasteiger partial charge in [-0.3, -0.25) is 0 Å². The van der Waals surface area contributed by atoms with Crippen molar-refractivity contribution in [1.82, 2.24) is 10.6 Å². The standard InChI is InChI=1S/C10H20N2O3/c1-10(2,3)15-9(14)12-7-4-8(13)6-11-5-7/h7-8,11,13H,4-6H2,1-3H3,(H,12,14)/t7-,8+/m0/s1. The molecule has 3 N–H and O–H groups in total. The highest BCUT2D eigenvalue weighted by Gasteiger charge is 2.23. The van der Waals surface area contributed by atoms with Gasteiger partial charge in [-0.2, -0.15) is 0 Å². The predicted octanol–water partition coefficient (Wildman–Crippen LogP) is 0.234. The molecule has 0 bridgehead atoms. The number of aliphatic hydroxyl groups is 1. The first kappa shape index (κ1) is 12.3. The number of hydrogen-bond donors (Lipinski definition) is 3. The third-order valence-electron chi connectivity index (χ3n) is 2.05. The van der Waals surface area contributed by atoms with Crippen LogP contribution in [0.5, 0.6) is 0 Å². The van der Waals surface area contributed by atoms with Crippen LogP contribution in [0.3, 0.4) is 0 Å². The molecule has 1 aliphatic heterocycles. The first-order valence-electron chi connectivity index (χ1n) is 5.25. The first-order valence-corrected chi connectivity index (χ1v) is 5.25. The lowest BCUT2D eigenvalue weighted by Gasteiger charge is -2.28. The molecule has 1 aliphatic rings. The molecule has 2 atom stereocenters. The van der Waals surface area contributed by atoms with E-state index in [0.717, 1.165) is 0 Å². The Morgan fingerprint density at radius 2 is 2.13 bits per heavy atom. The number of aliphatic hydroxyl groups excluding tert-OH is 1. The average molecular weight is 216 g/mol. The summed E-state index contributed by atoms with van der Waals surface area (Å²) in [6, 6.07) is -0.0522. The fourth-order valence-electron chi connectivity index (χ4n) is 1.50. The Morgan fingerprint density at radius 1 is 1.47 bits per heavy atom. The van der Waals surface area contributed by atoms with Crippen molar-refractivity contribution in [3.8, 4) is 0 Å². The van der Waals surface area contributed by atoms with Crippen molar-refractivity contribution in [2.75, 3.05) is 13.1 Å². The Morgan fingerprint density at radius 3 is 2.67 bits per heavy atom. The van der Waals surface area contributed by atoms with Crippen LogP contribution in [0.4, 0.5) is 4.79 Å². The molecule has 1 fully saturated rings. The summed E-state index contributed by atoms with van der Waals surface area (Å²) in [5, 5.41) is 15.1. The molecular weight excluding hydrogens is 196 g/mol. The summed E-state index contributed by atoms with van der Waals surface area (Å²) in [6.45, 7) is 6.73. The van der Waals surface area contributed by atoms with E-state index in [1.54, 1.807) is 0 Å². The lowest BCUT2D eigenvalue weighted by Crippen LogP contribution is -2.51. The van der Waals surface area contributed by atoms with E-state index >= 15 is 0 Å². The van der Waals surface area contributed by atoms with E-state index < -0.39 is 17.8 Å². The molecule has 0 aromatic rings. The van der Waals surface area contributed by atoms with Gasteiger partial charge in [-0.25, -0.2) is 4.79 Å². The molecule has 0 spiro atoms. The summed E-state index contributed by atoms with van der Waals surface area (Å²) >= 11 is 0. The van der Waals surface area contributed by atoms with E-state index in [2.05, 4.69) is 10.6 Å². The van der Waals surface area contributed by atoms with E-state index in [1.807, 2.05) is 20.8 Å². The highest BCUT2D eigenvalue weighted by molar-refractivity contribution is 5.68. The molecule has 0 saturated carbocycles. The van der Waals surface area contributed by atoms with Crippen molar-refractivity contribution in [2.24, 2.45) is 0 Å². The number of rotatable bonds is 1. The number of carbonyl (C=O) groups is 1. The van der Waals surface area contributed by atoms with Crippen LogP contribution >= 0.6 is 0 Å². The Bertz CT molecular complexity index is 225. The molecule has 0 aromatic carbocycles. The summed E-state index contributed by atoms with van der Waals surface area (Å²) < 4.78 is 5.12. The molecule has 0 aliphatic carbocycles. The fraction of sp³-hybridized carbons (Fsp3) is 0.900. The topological polar surface area (TPSA) is 70.6 Å². The molecule has 1 heterocycles. The second kappa shape index (κ2) is 4.81. The van der Waals surface area contributed by atoms with E-state index in [0.29, 0.717) is 19.5 Å². The van der Waals surface area contributed by atoms with Gasteiger partial charge in [0, 0.05) is 19.1 Å². The minimum absolute atomic E-state index is 0.0522. The number of piperidine rings is 1. The largest absolute Gasteiger partial charge is 0.444 e. The van der Waals surface area contributed by atoms with Gasteiger partial charge in [-0.05, 0) is 27.2 Å². The Balaban J connectivity index is 2.31. The number of β-amino-alcohol motifs (C(OH)–C–C–N with tert-alkyl or cyclic N) is 1. The van der Waals surface area contributed by atoms with Crippen LogP contribution in [0.15, 0.2) is 0 Å². The highest BCUT2D eigenvalue weighted by Crippen LogP contribution is 2.08. The van der Waals surface area contributed by atoms with E-state index in [4.69, 9.17) is 4.74 Å². The Hall–Kier alpha value is -0.810. The monoisotopic (exact) mass is 216 g/mol. The number of hydrogen-bond acceptors (Lipinski definition) is 4. The zero-order valence-corrected chi connectivity index (χ0v) is 9.54. The SMILES string of the molecule is CC(C)(C)OC(=O)N[C@@H]1CNC[C@H](O)C1. The lowest BCUT2D eigenvalue weighted by molar-refractivity contribution is 0.0463. The second-order valence-corrected chi connectivity index (χ2v) is 4.89. The second-order valence-electron chi connectivity index (χ2n) is 4.89. The van der Waals surface area contributed by atoms with Crippen molar-refractivity contribution >= 4 is 6.09 Å². The minimum Gasteiger partial charge on any atom is -0.444 e. The van der Waals surface area contributed by atoms with Gasteiger partial charge < -0.3 is 20.5 Å². The number of nitrogens with one attached hydrogen (secondary N) is 2. The highest BCUT2D eigenvalue weighted by atomic mass is 16.6. The molecule has 1 amide bonds. The van der Waals surface area contributed by atoms with E-state index in [1.165, 1.54) is 0 Å². The first-order chi connectivity index (χ1) is 6.87. The van der Waals surface area contributed by atoms with Crippen molar-refractivity contribution in [2.45, 2.75) is 44.9 Å². The smallest absolute Gasteiger partial charge is 0.407 e. The van der Waals surface area contributed by atoms with Gasteiger partial charge in [0.15, 0.2) is 0 Å². The number of amides is 1. The molecule has 0 radical (unpaired) electrons. The summed E-state index contributed by atoms with van der Waals surface area (Å²) in [4.78, 5) is 11.4. The van der Waals surface area contributed by atoms with Gasteiger partial charge >= 0.3 is 6.09 Å². The maximum absolute atomic E-state index is 11.4.